The lowest BCUT2D eigenvalue weighted by molar-refractivity contribution is 0.0938. The van der Waals surface area contributed by atoms with E-state index in [2.05, 4.69) is 16.1 Å². The summed E-state index contributed by atoms with van der Waals surface area (Å²) in [7, 11) is -1.80. The van der Waals surface area contributed by atoms with Gasteiger partial charge in [-0.1, -0.05) is 17.7 Å². The normalized spacial score (nSPS) is 25.4. The van der Waals surface area contributed by atoms with Crippen molar-refractivity contribution >= 4 is 55.0 Å². The van der Waals surface area contributed by atoms with Gasteiger partial charge in [-0.3, -0.25) is 4.90 Å². The molecule has 3 unspecified atom stereocenters. The number of piperazine rings is 1. The van der Waals surface area contributed by atoms with Crippen molar-refractivity contribution in [3.63, 3.8) is 0 Å². The molecule has 3 atom stereocenters. The number of fused-ring (bicyclic) bond motifs is 2. The van der Waals surface area contributed by atoms with Gasteiger partial charge in [0.1, 0.15) is 4.21 Å². The molecule has 2 saturated heterocycles. The number of benzene rings is 1. The number of likely N-dealkylation sites (N-methyl/N-ethyl adjacent to an activating group) is 1. The molecule has 0 spiro atoms. The van der Waals surface area contributed by atoms with Gasteiger partial charge in [0.15, 0.2) is 6.23 Å². The van der Waals surface area contributed by atoms with Gasteiger partial charge in [0.05, 0.1) is 12.1 Å². The summed E-state index contributed by atoms with van der Waals surface area (Å²) in [6, 6.07) is 8.40. The monoisotopic (exact) mass is 550 g/mol. The van der Waals surface area contributed by atoms with E-state index in [1.807, 2.05) is 14.0 Å². The summed E-state index contributed by atoms with van der Waals surface area (Å²) in [5, 5.41) is 16.4. The average Bonchev–Trinajstić information content (AvgIpc) is 3.42. The van der Waals surface area contributed by atoms with Crippen LogP contribution in [0.4, 0.5) is 4.79 Å². The van der Waals surface area contributed by atoms with Crippen LogP contribution in [0.15, 0.2) is 33.6 Å². The van der Waals surface area contributed by atoms with Crippen LogP contribution in [0.5, 0.6) is 0 Å². The highest BCUT2D eigenvalue weighted by molar-refractivity contribution is 7.91. The Kier molecular flexibility index (Phi) is 6.86. The number of thiophene rings is 1. The van der Waals surface area contributed by atoms with Crippen molar-refractivity contribution in [3.05, 3.63) is 29.3 Å². The molecular formula is C23H27ClN6O4S2. The van der Waals surface area contributed by atoms with Crippen molar-refractivity contribution in [2.24, 2.45) is 5.10 Å². The number of sulfonamides is 1. The first kappa shape index (κ1) is 25.2. The number of rotatable bonds is 4. The van der Waals surface area contributed by atoms with E-state index in [-0.39, 0.29) is 48.6 Å². The van der Waals surface area contributed by atoms with Crippen LogP contribution in [0.3, 0.4) is 0 Å². The standard InChI is InChI=1S/C23H27ClN6O4S2/c1-15-27(2)19-7-9-30(26-22(19)34-15)23(31)29-11-10-28(14-18(29)4-3-8-25)36(32,33)21-12-16-5-6-17(24)13-20(16)35-21/h5-6,12-13,15,18-19H,3-4,7,9-11,14H2,1-2H3. The molecule has 192 valence electrons. The Hall–Kier alpha value is -2.43. The first-order valence-electron chi connectivity index (χ1n) is 11.8. The Morgan fingerprint density at radius 2 is 2.11 bits per heavy atom. The maximum Gasteiger partial charge on any atom is 0.340 e. The third-order valence-corrected chi connectivity index (χ3v) is 10.7. The second-order valence-electron chi connectivity index (χ2n) is 9.19. The number of hydrazone groups is 1. The molecule has 1 aromatic carbocycles. The number of halogens is 1. The Balaban J connectivity index is 1.35. The number of nitriles is 1. The van der Waals surface area contributed by atoms with Crippen molar-refractivity contribution in [2.45, 2.75) is 48.7 Å². The minimum Gasteiger partial charge on any atom is -0.460 e. The van der Waals surface area contributed by atoms with Gasteiger partial charge < -0.3 is 9.64 Å². The van der Waals surface area contributed by atoms with Crippen molar-refractivity contribution in [1.29, 1.82) is 5.26 Å². The molecule has 4 heterocycles. The Bertz CT molecular complexity index is 1360. The molecular weight excluding hydrogens is 524 g/mol. The van der Waals surface area contributed by atoms with Gasteiger partial charge >= 0.3 is 6.03 Å². The van der Waals surface area contributed by atoms with Crippen LogP contribution in [0.1, 0.15) is 26.2 Å². The molecule has 2 amide bonds. The predicted molar refractivity (Wildman–Crippen MR) is 137 cm³/mol. The number of nitrogens with zero attached hydrogens (tertiary/aromatic N) is 6. The van der Waals surface area contributed by atoms with E-state index in [1.54, 1.807) is 29.2 Å². The number of hydrogen-bond donors (Lipinski definition) is 0. The fourth-order valence-corrected chi connectivity index (χ4v) is 8.19. The third kappa shape index (κ3) is 4.54. The number of ether oxygens (including phenoxy) is 1. The summed E-state index contributed by atoms with van der Waals surface area (Å²) in [5.74, 6) is 0.532. The first-order chi connectivity index (χ1) is 17.2. The van der Waals surface area contributed by atoms with Crippen LogP contribution in [0, 0.1) is 11.3 Å². The van der Waals surface area contributed by atoms with Gasteiger partial charge in [0.25, 0.3) is 10.0 Å². The van der Waals surface area contributed by atoms with E-state index in [9.17, 15) is 18.5 Å². The summed E-state index contributed by atoms with van der Waals surface area (Å²) >= 11 is 7.25. The van der Waals surface area contributed by atoms with Crippen molar-refractivity contribution in [2.75, 3.05) is 33.2 Å². The highest BCUT2D eigenvalue weighted by Crippen LogP contribution is 2.34. The Labute approximate surface area is 219 Å². The second-order valence-corrected chi connectivity index (χ2v) is 12.9. The lowest BCUT2D eigenvalue weighted by Gasteiger charge is -2.42. The molecule has 0 radical (unpaired) electrons. The first-order valence-corrected chi connectivity index (χ1v) is 14.4. The molecule has 13 heteroatoms. The van der Waals surface area contributed by atoms with Crippen LogP contribution in [0.2, 0.25) is 5.02 Å². The zero-order valence-electron chi connectivity index (χ0n) is 20.0. The quantitative estimate of drug-likeness (QED) is 0.577. The van der Waals surface area contributed by atoms with E-state index in [4.69, 9.17) is 16.3 Å². The highest BCUT2D eigenvalue weighted by atomic mass is 35.5. The van der Waals surface area contributed by atoms with E-state index in [0.29, 0.717) is 30.3 Å². The molecule has 0 aliphatic carbocycles. The molecule has 10 nitrogen and oxygen atoms in total. The molecule has 0 bridgehead atoms. The van der Waals surface area contributed by atoms with Crippen molar-refractivity contribution < 1.29 is 17.9 Å². The van der Waals surface area contributed by atoms with Gasteiger partial charge in [-0.25, -0.2) is 18.2 Å². The van der Waals surface area contributed by atoms with E-state index in [0.717, 1.165) is 10.1 Å². The van der Waals surface area contributed by atoms with Crippen molar-refractivity contribution in [3.8, 4) is 6.07 Å². The van der Waals surface area contributed by atoms with Gasteiger partial charge in [0.2, 0.25) is 5.90 Å². The van der Waals surface area contributed by atoms with E-state index >= 15 is 0 Å². The second kappa shape index (κ2) is 9.79. The lowest BCUT2D eigenvalue weighted by atomic mass is 10.1. The SMILES string of the molecule is CC1OC2=NN(C(=O)N3CCN(S(=O)(=O)c4cc5ccc(Cl)cc5s4)CC3CCC#N)CCC2N1C. The Morgan fingerprint density at radius 1 is 1.31 bits per heavy atom. The number of carbonyl (C=O) groups is 1. The summed E-state index contributed by atoms with van der Waals surface area (Å²) < 4.78 is 35.3. The fraction of sp³-hybridized carbons (Fsp3) is 0.522. The van der Waals surface area contributed by atoms with Crippen LogP contribution < -0.4 is 0 Å². The average molecular weight is 551 g/mol. The number of carbonyl (C=O) groups excluding carboxylic acids is 1. The Morgan fingerprint density at radius 3 is 2.89 bits per heavy atom. The smallest absolute Gasteiger partial charge is 0.340 e. The molecule has 5 rings (SSSR count). The largest absolute Gasteiger partial charge is 0.460 e. The highest BCUT2D eigenvalue weighted by Gasteiger charge is 2.42. The summed E-state index contributed by atoms with van der Waals surface area (Å²) in [4.78, 5) is 17.2. The van der Waals surface area contributed by atoms with Crippen LogP contribution in [-0.4, -0.2) is 91.0 Å². The predicted octanol–water partition coefficient (Wildman–Crippen LogP) is 3.35. The fourth-order valence-electron chi connectivity index (χ4n) is 4.89. The molecule has 0 N–H and O–H groups in total. The van der Waals surface area contributed by atoms with Gasteiger partial charge in [-0.15, -0.1) is 16.4 Å². The lowest BCUT2D eigenvalue weighted by Crippen LogP contribution is -2.59. The van der Waals surface area contributed by atoms with Gasteiger partial charge in [-0.05, 0) is 50.4 Å². The maximum absolute atomic E-state index is 13.5. The summed E-state index contributed by atoms with van der Waals surface area (Å²) in [6.07, 6.45) is 1.19. The molecule has 1 aromatic heterocycles. The van der Waals surface area contributed by atoms with Crippen LogP contribution in [-0.2, 0) is 14.8 Å². The number of urea groups is 1. The van der Waals surface area contributed by atoms with Crippen molar-refractivity contribution in [1.82, 2.24) is 19.1 Å². The van der Waals surface area contributed by atoms with E-state index < -0.39 is 16.1 Å². The summed E-state index contributed by atoms with van der Waals surface area (Å²) in [5.41, 5.74) is 0. The van der Waals surface area contributed by atoms with Crippen LogP contribution >= 0.6 is 22.9 Å². The third-order valence-electron chi connectivity index (χ3n) is 7.03. The van der Waals surface area contributed by atoms with Gasteiger partial charge in [-0.2, -0.15) is 9.57 Å². The van der Waals surface area contributed by atoms with Crippen LogP contribution in [0.25, 0.3) is 10.1 Å². The topological polar surface area (TPSA) is 110 Å². The number of amides is 2. The molecule has 2 fully saturated rings. The molecule has 2 aromatic rings. The molecule has 3 aliphatic heterocycles. The molecule has 36 heavy (non-hydrogen) atoms. The minimum atomic E-state index is -3.77. The van der Waals surface area contributed by atoms with E-state index in [1.165, 1.54) is 20.7 Å². The zero-order chi connectivity index (χ0) is 25.6. The molecule has 3 aliphatic rings. The van der Waals surface area contributed by atoms with Gasteiger partial charge in [0, 0.05) is 48.4 Å². The summed E-state index contributed by atoms with van der Waals surface area (Å²) in [6.45, 7) is 2.88. The number of hydrogen-bond acceptors (Lipinski definition) is 8. The molecule has 0 saturated carbocycles. The maximum atomic E-state index is 13.5. The minimum absolute atomic E-state index is 0.0524. The zero-order valence-corrected chi connectivity index (χ0v) is 22.4.